The second-order valence-corrected chi connectivity index (χ2v) is 6.67. The number of hydrogen-bond acceptors (Lipinski definition) is 6. The van der Waals surface area contributed by atoms with Gasteiger partial charge in [0.25, 0.3) is 5.90 Å². The van der Waals surface area contributed by atoms with Gasteiger partial charge < -0.3 is 18.6 Å². The van der Waals surface area contributed by atoms with Crippen LogP contribution in [0.5, 0.6) is 11.5 Å². The molecule has 0 radical (unpaired) electrons. The molecule has 2 heterocycles. The van der Waals surface area contributed by atoms with Crippen molar-refractivity contribution in [3.8, 4) is 11.5 Å². The van der Waals surface area contributed by atoms with Crippen LogP contribution in [-0.2, 0) is 16.1 Å². The molecule has 1 aliphatic heterocycles. The number of ether oxygens (including phenoxy) is 3. The van der Waals surface area contributed by atoms with E-state index in [-0.39, 0.29) is 29.0 Å². The van der Waals surface area contributed by atoms with Crippen LogP contribution in [0.25, 0.3) is 6.08 Å². The molecule has 3 aromatic rings. The highest BCUT2D eigenvalue weighted by molar-refractivity contribution is 6.32. The predicted octanol–water partition coefficient (Wildman–Crippen LogP) is 5.00. The molecule has 0 saturated heterocycles. The molecule has 0 aliphatic carbocycles. The van der Waals surface area contributed by atoms with E-state index in [2.05, 4.69) is 4.99 Å². The molecule has 0 unspecified atom stereocenters. The van der Waals surface area contributed by atoms with Crippen molar-refractivity contribution in [3.63, 3.8) is 0 Å². The Balaban J connectivity index is 1.59. The van der Waals surface area contributed by atoms with E-state index in [9.17, 15) is 9.18 Å². The molecule has 4 rings (SSSR count). The smallest absolute Gasteiger partial charge is 0.363 e. The fourth-order valence-corrected chi connectivity index (χ4v) is 3.09. The van der Waals surface area contributed by atoms with Gasteiger partial charge >= 0.3 is 5.97 Å². The highest BCUT2D eigenvalue weighted by Gasteiger charge is 2.26. The third-order valence-electron chi connectivity index (χ3n) is 4.18. The van der Waals surface area contributed by atoms with E-state index in [0.29, 0.717) is 28.4 Å². The molecule has 6 nitrogen and oxygen atoms in total. The van der Waals surface area contributed by atoms with Crippen LogP contribution in [0.3, 0.4) is 0 Å². The average molecular weight is 428 g/mol. The Morgan fingerprint density at radius 2 is 2.07 bits per heavy atom. The number of hydrogen-bond donors (Lipinski definition) is 0. The third kappa shape index (κ3) is 4.21. The van der Waals surface area contributed by atoms with Crippen molar-refractivity contribution in [2.75, 3.05) is 7.11 Å². The summed E-state index contributed by atoms with van der Waals surface area (Å²) in [6.07, 6.45) is 2.98. The van der Waals surface area contributed by atoms with Gasteiger partial charge in [0.15, 0.2) is 23.0 Å². The number of nitrogens with zero attached hydrogens (tertiary/aromatic N) is 1. The minimum atomic E-state index is -0.608. The first-order valence-corrected chi connectivity index (χ1v) is 9.22. The van der Waals surface area contributed by atoms with Crippen LogP contribution in [-0.4, -0.2) is 19.0 Å². The van der Waals surface area contributed by atoms with Crippen molar-refractivity contribution < 1.29 is 27.8 Å². The molecule has 0 saturated carbocycles. The van der Waals surface area contributed by atoms with Gasteiger partial charge in [0.1, 0.15) is 12.4 Å². The standard InChI is InChI=1S/C22H15ClFNO5/c1-27-19-11-14(10-17-22(26)30-21(25-17)18-6-3-7-28-18)9-16(23)20(19)29-12-13-4-2-5-15(24)8-13/h2-11H,12H2,1H3/b17-10-. The lowest BCUT2D eigenvalue weighted by Crippen LogP contribution is -2.04. The first-order chi connectivity index (χ1) is 14.5. The summed E-state index contributed by atoms with van der Waals surface area (Å²) < 4.78 is 34.8. The minimum absolute atomic E-state index is 0.0874. The van der Waals surface area contributed by atoms with Crippen molar-refractivity contribution in [2.45, 2.75) is 6.61 Å². The topological polar surface area (TPSA) is 70.3 Å². The summed E-state index contributed by atoms with van der Waals surface area (Å²) in [4.78, 5) is 16.3. The van der Waals surface area contributed by atoms with Crippen molar-refractivity contribution in [1.82, 2.24) is 0 Å². The number of aliphatic imine (C=N–C) groups is 1. The zero-order valence-electron chi connectivity index (χ0n) is 15.7. The Bertz CT molecular complexity index is 1150. The van der Waals surface area contributed by atoms with Crippen LogP contribution < -0.4 is 9.47 Å². The van der Waals surface area contributed by atoms with E-state index in [0.717, 1.165) is 0 Å². The second-order valence-electron chi connectivity index (χ2n) is 6.27. The maximum absolute atomic E-state index is 13.3. The number of esters is 1. The quantitative estimate of drug-likeness (QED) is 0.409. The predicted molar refractivity (Wildman–Crippen MR) is 108 cm³/mol. The molecule has 0 spiro atoms. The first-order valence-electron chi connectivity index (χ1n) is 8.84. The molecule has 2 aromatic carbocycles. The van der Waals surface area contributed by atoms with Gasteiger partial charge in [-0.15, -0.1) is 0 Å². The Hall–Kier alpha value is -3.58. The van der Waals surface area contributed by atoms with Gasteiger partial charge in [-0.1, -0.05) is 23.7 Å². The zero-order chi connectivity index (χ0) is 21.1. The summed E-state index contributed by atoms with van der Waals surface area (Å²) in [7, 11) is 1.47. The minimum Gasteiger partial charge on any atom is -0.493 e. The van der Waals surface area contributed by atoms with Crippen LogP contribution in [0.1, 0.15) is 16.9 Å². The van der Waals surface area contributed by atoms with Crippen molar-refractivity contribution in [2.24, 2.45) is 4.99 Å². The number of carbonyl (C=O) groups is 1. The first kappa shape index (κ1) is 19.7. The van der Waals surface area contributed by atoms with Crippen LogP contribution >= 0.6 is 11.6 Å². The van der Waals surface area contributed by atoms with Gasteiger partial charge in [0, 0.05) is 0 Å². The summed E-state index contributed by atoms with van der Waals surface area (Å²) in [5.41, 5.74) is 1.30. The lowest BCUT2D eigenvalue weighted by molar-refractivity contribution is -0.130. The Kier molecular flexibility index (Phi) is 5.54. The van der Waals surface area contributed by atoms with Crippen molar-refractivity contribution in [3.05, 3.63) is 88.2 Å². The summed E-state index contributed by atoms with van der Waals surface area (Å²) >= 11 is 6.37. The van der Waals surface area contributed by atoms with Crippen molar-refractivity contribution in [1.29, 1.82) is 0 Å². The monoisotopic (exact) mass is 427 g/mol. The molecule has 0 bridgehead atoms. The molecule has 0 atom stereocenters. The Morgan fingerprint density at radius 1 is 1.20 bits per heavy atom. The van der Waals surface area contributed by atoms with Gasteiger partial charge in [-0.25, -0.2) is 14.2 Å². The molecule has 30 heavy (non-hydrogen) atoms. The summed E-state index contributed by atoms with van der Waals surface area (Å²) in [5, 5.41) is 0.263. The summed E-state index contributed by atoms with van der Waals surface area (Å²) in [5.74, 6) is 0.136. The molecule has 0 fully saturated rings. The van der Waals surface area contributed by atoms with E-state index in [1.807, 2.05) is 0 Å². The largest absolute Gasteiger partial charge is 0.493 e. The molecule has 0 N–H and O–H groups in total. The maximum Gasteiger partial charge on any atom is 0.363 e. The van der Waals surface area contributed by atoms with Gasteiger partial charge in [-0.05, 0) is 53.6 Å². The van der Waals surface area contributed by atoms with E-state index in [1.54, 1.807) is 36.4 Å². The number of halogens is 2. The van der Waals surface area contributed by atoms with E-state index in [1.165, 1.54) is 31.6 Å². The van der Waals surface area contributed by atoms with Gasteiger partial charge in [-0.2, -0.15) is 0 Å². The Labute approximate surface area is 176 Å². The molecule has 8 heteroatoms. The molecule has 1 aliphatic rings. The van der Waals surface area contributed by atoms with Gasteiger partial charge in [0.05, 0.1) is 18.4 Å². The molecule has 0 amide bonds. The molecule has 1 aromatic heterocycles. The van der Waals surface area contributed by atoms with Crippen LogP contribution in [0.15, 0.2) is 69.9 Å². The van der Waals surface area contributed by atoms with E-state index in [4.69, 9.17) is 30.2 Å². The van der Waals surface area contributed by atoms with Crippen molar-refractivity contribution >= 4 is 29.5 Å². The highest BCUT2D eigenvalue weighted by atomic mass is 35.5. The zero-order valence-corrected chi connectivity index (χ0v) is 16.5. The number of cyclic esters (lactones) is 1. The fraction of sp³-hybridized carbons (Fsp3) is 0.0909. The fourth-order valence-electron chi connectivity index (χ4n) is 2.82. The summed E-state index contributed by atoms with van der Waals surface area (Å²) in [6, 6.07) is 12.6. The van der Waals surface area contributed by atoms with Gasteiger partial charge in [0.2, 0.25) is 0 Å². The number of furan rings is 1. The lowest BCUT2D eigenvalue weighted by atomic mass is 10.1. The lowest BCUT2D eigenvalue weighted by Gasteiger charge is -2.13. The number of methoxy groups -OCH3 is 1. The number of benzene rings is 2. The van der Waals surface area contributed by atoms with E-state index >= 15 is 0 Å². The number of carbonyl (C=O) groups excluding carboxylic acids is 1. The van der Waals surface area contributed by atoms with Crippen LogP contribution in [0.4, 0.5) is 4.39 Å². The van der Waals surface area contributed by atoms with E-state index < -0.39 is 5.97 Å². The maximum atomic E-state index is 13.3. The summed E-state index contributed by atoms with van der Waals surface area (Å²) in [6.45, 7) is 0.109. The van der Waals surface area contributed by atoms with Gasteiger partial charge in [-0.3, -0.25) is 0 Å². The van der Waals surface area contributed by atoms with Crippen LogP contribution in [0.2, 0.25) is 5.02 Å². The Morgan fingerprint density at radius 3 is 2.80 bits per heavy atom. The second kappa shape index (κ2) is 8.42. The highest BCUT2D eigenvalue weighted by Crippen LogP contribution is 2.38. The average Bonchev–Trinajstić information content (AvgIpc) is 3.37. The SMILES string of the molecule is COc1cc(/C=C2\N=C(c3ccco3)OC2=O)cc(Cl)c1OCc1cccc(F)c1. The molecular weight excluding hydrogens is 413 g/mol. The number of rotatable bonds is 6. The normalized spacial score (nSPS) is 14.6. The molecule has 152 valence electrons. The van der Waals surface area contributed by atoms with Crippen LogP contribution in [0, 0.1) is 5.82 Å². The molecular formula is C22H15ClFNO5. The third-order valence-corrected chi connectivity index (χ3v) is 4.46.